The Hall–Kier alpha value is -0.990. The number of carbonyl (C=O) groups excluding carboxylic acids is 2. The van der Waals surface area contributed by atoms with Gasteiger partial charge in [-0.3, -0.25) is 18.6 Å². The van der Waals surface area contributed by atoms with Gasteiger partial charge in [-0.05, 0) is 12.8 Å². The number of nitrogens with zero attached hydrogens (tertiary/aromatic N) is 1. The van der Waals surface area contributed by atoms with Crippen LogP contribution in [-0.4, -0.2) is 74.9 Å². The Balaban J connectivity index is 3.91. The van der Waals surface area contributed by atoms with Gasteiger partial charge in [0.1, 0.15) is 19.8 Å². The van der Waals surface area contributed by atoms with E-state index in [0.29, 0.717) is 17.4 Å². The van der Waals surface area contributed by atoms with Crippen LogP contribution in [0.15, 0.2) is 0 Å². The Morgan fingerprint density at radius 2 is 0.529 bits per heavy atom. The predicted octanol–water partition coefficient (Wildman–Crippen LogP) is 24.9. The maximum absolute atomic E-state index is 12.9. The molecule has 0 aromatic carbocycles. The predicted molar refractivity (Wildman–Crippen MR) is 368 cm³/mol. The number of rotatable bonds is 73. The molecule has 0 fully saturated rings. The zero-order valence-corrected chi connectivity index (χ0v) is 59.0. The van der Waals surface area contributed by atoms with E-state index in [0.717, 1.165) is 38.5 Å². The lowest BCUT2D eigenvalue weighted by Crippen LogP contribution is -2.37. The fourth-order valence-corrected chi connectivity index (χ4v) is 12.8. The maximum Gasteiger partial charge on any atom is 0.472 e. The van der Waals surface area contributed by atoms with Crippen molar-refractivity contribution in [3.8, 4) is 0 Å². The lowest BCUT2D eigenvalue weighted by atomic mass is 10.0. The highest BCUT2D eigenvalue weighted by atomic mass is 31.2. The number of phosphoric acid groups is 1. The second-order valence-corrected chi connectivity index (χ2v) is 29.2. The molecule has 508 valence electrons. The molecule has 1 N–H and O–H groups in total. The van der Waals surface area contributed by atoms with E-state index >= 15 is 0 Å². The SMILES string of the molecule is CCCCCCCCCCCCCCCCCCCCCCCCCCCCCCCCCCCC(=O)OC(COC(=O)CCCCCCCCCCCCCCCCCCCCCCCCCCCCCC)COP(=O)(O)OCC[N+](C)(C)C. The van der Waals surface area contributed by atoms with E-state index in [4.69, 9.17) is 18.5 Å². The van der Waals surface area contributed by atoms with E-state index in [2.05, 4.69) is 13.8 Å². The van der Waals surface area contributed by atoms with Gasteiger partial charge in [-0.2, -0.15) is 0 Å². The molecule has 0 aliphatic rings. The van der Waals surface area contributed by atoms with Crippen LogP contribution in [0.4, 0.5) is 0 Å². The molecule has 2 atom stereocenters. The first kappa shape index (κ1) is 84.0. The Morgan fingerprint density at radius 1 is 0.318 bits per heavy atom. The van der Waals surface area contributed by atoms with Gasteiger partial charge in [0.25, 0.3) is 0 Å². The van der Waals surface area contributed by atoms with E-state index < -0.39 is 26.5 Å². The van der Waals surface area contributed by atoms with Crippen LogP contribution in [0.2, 0.25) is 0 Å². The van der Waals surface area contributed by atoms with Crippen molar-refractivity contribution in [3.05, 3.63) is 0 Å². The lowest BCUT2D eigenvalue weighted by Gasteiger charge is -2.24. The third-order valence-corrected chi connectivity index (χ3v) is 18.9. The van der Waals surface area contributed by atoms with Crippen LogP contribution in [-0.2, 0) is 32.7 Å². The van der Waals surface area contributed by atoms with Crippen molar-refractivity contribution in [1.82, 2.24) is 0 Å². The zero-order chi connectivity index (χ0) is 61.9. The molecule has 10 heteroatoms. The molecule has 0 aromatic rings. The molecule has 0 saturated carbocycles. The summed E-state index contributed by atoms with van der Waals surface area (Å²) in [5.41, 5.74) is 0. The molecule has 85 heavy (non-hydrogen) atoms. The topological polar surface area (TPSA) is 108 Å². The minimum Gasteiger partial charge on any atom is -0.462 e. The van der Waals surface area contributed by atoms with Crippen LogP contribution in [0.3, 0.4) is 0 Å². The number of likely N-dealkylation sites (N-methyl/N-ethyl adjacent to an activating group) is 1. The van der Waals surface area contributed by atoms with Crippen molar-refractivity contribution >= 4 is 19.8 Å². The summed E-state index contributed by atoms with van der Waals surface area (Å²) >= 11 is 0. The molecule has 0 aliphatic carbocycles. The molecule has 0 amide bonds. The van der Waals surface area contributed by atoms with Crippen LogP contribution >= 0.6 is 7.82 Å². The number of phosphoric ester groups is 1. The Morgan fingerprint density at radius 3 is 0.753 bits per heavy atom. The number of unbranched alkanes of at least 4 members (excludes halogenated alkanes) is 59. The quantitative estimate of drug-likeness (QED) is 0.0278. The average Bonchev–Trinajstić information content (AvgIpc) is 3.54. The van der Waals surface area contributed by atoms with E-state index in [1.807, 2.05) is 21.1 Å². The van der Waals surface area contributed by atoms with E-state index in [1.54, 1.807) is 0 Å². The largest absolute Gasteiger partial charge is 0.472 e. The second kappa shape index (κ2) is 67.4. The van der Waals surface area contributed by atoms with Gasteiger partial charge in [0, 0.05) is 12.8 Å². The number of ether oxygens (including phenoxy) is 2. The van der Waals surface area contributed by atoms with E-state index in [9.17, 15) is 19.0 Å². The first-order valence-electron chi connectivity index (χ1n) is 38.3. The zero-order valence-electron chi connectivity index (χ0n) is 58.2. The normalized spacial score (nSPS) is 13.0. The molecule has 2 unspecified atom stereocenters. The molecule has 0 rings (SSSR count). The Kier molecular flexibility index (Phi) is 66.6. The number of esters is 2. The van der Waals surface area contributed by atoms with Crippen molar-refractivity contribution in [2.45, 2.75) is 424 Å². The lowest BCUT2D eigenvalue weighted by molar-refractivity contribution is -0.870. The summed E-state index contributed by atoms with van der Waals surface area (Å²) in [5.74, 6) is -0.765. The van der Waals surface area contributed by atoms with E-state index in [-0.39, 0.29) is 25.6 Å². The molecule has 0 radical (unpaired) electrons. The number of hydrogen-bond donors (Lipinski definition) is 1. The maximum atomic E-state index is 12.9. The van der Waals surface area contributed by atoms with Crippen molar-refractivity contribution in [3.63, 3.8) is 0 Å². The summed E-state index contributed by atoms with van der Waals surface area (Å²) in [4.78, 5) is 35.9. The summed E-state index contributed by atoms with van der Waals surface area (Å²) in [5, 5.41) is 0. The average molecular weight is 1230 g/mol. The minimum absolute atomic E-state index is 0.0378. The highest BCUT2D eigenvalue weighted by Gasteiger charge is 2.27. The number of hydrogen-bond acceptors (Lipinski definition) is 7. The van der Waals surface area contributed by atoms with Crippen LogP contribution in [0.1, 0.15) is 418 Å². The molecule has 0 spiro atoms. The van der Waals surface area contributed by atoms with Crippen molar-refractivity contribution < 1.29 is 42.1 Å². The fraction of sp³-hybridized carbons (Fsp3) is 0.973. The minimum atomic E-state index is -4.39. The molecule has 0 aromatic heterocycles. The first-order valence-corrected chi connectivity index (χ1v) is 39.8. The van der Waals surface area contributed by atoms with Gasteiger partial charge >= 0.3 is 19.8 Å². The van der Waals surface area contributed by atoms with Crippen LogP contribution in [0.5, 0.6) is 0 Å². The van der Waals surface area contributed by atoms with Crippen LogP contribution in [0.25, 0.3) is 0 Å². The Labute approximate surface area is 531 Å². The number of quaternary nitrogens is 1. The highest BCUT2D eigenvalue weighted by Crippen LogP contribution is 2.43. The monoisotopic (exact) mass is 1230 g/mol. The summed E-state index contributed by atoms with van der Waals surface area (Å²) in [6.07, 6.45) is 82.5. The highest BCUT2D eigenvalue weighted by molar-refractivity contribution is 7.47. The van der Waals surface area contributed by atoms with Gasteiger partial charge in [0.2, 0.25) is 0 Å². The first-order chi connectivity index (χ1) is 41.5. The summed E-state index contributed by atoms with van der Waals surface area (Å²) < 4.78 is 34.8. The number of carbonyl (C=O) groups is 2. The molecule has 0 bridgehead atoms. The third-order valence-electron chi connectivity index (χ3n) is 17.9. The van der Waals surface area contributed by atoms with Gasteiger partial charge in [-0.1, -0.05) is 393 Å². The van der Waals surface area contributed by atoms with Crippen molar-refractivity contribution in [2.24, 2.45) is 0 Å². The van der Waals surface area contributed by atoms with Gasteiger partial charge in [-0.25, -0.2) is 4.57 Å². The smallest absolute Gasteiger partial charge is 0.462 e. The third kappa shape index (κ3) is 72.0. The second-order valence-electron chi connectivity index (χ2n) is 27.8. The summed E-state index contributed by atoms with van der Waals surface area (Å²) in [7, 11) is 1.51. The molecule has 0 heterocycles. The van der Waals surface area contributed by atoms with E-state index in [1.165, 1.54) is 353 Å². The van der Waals surface area contributed by atoms with Crippen LogP contribution < -0.4 is 0 Å². The van der Waals surface area contributed by atoms with Crippen LogP contribution in [0, 0.1) is 0 Å². The van der Waals surface area contributed by atoms with Crippen molar-refractivity contribution in [1.29, 1.82) is 0 Å². The van der Waals surface area contributed by atoms with Crippen molar-refractivity contribution in [2.75, 3.05) is 47.5 Å². The standard InChI is InChI=1S/C75H150NO8P/c1-6-8-10-12-14-16-18-20-22-24-26-28-30-32-34-36-37-38-39-40-42-44-46-48-50-52-54-56-58-60-62-64-66-68-75(78)84-73(72-83-85(79,80)82-70-69-76(3,4)5)71-81-74(77)67-65-63-61-59-57-55-53-51-49-47-45-43-41-35-33-31-29-27-25-23-21-19-17-15-13-11-9-7-2/h73H,6-72H2,1-5H3/p+1. The Bertz CT molecular complexity index is 1390. The summed E-state index contributed by atoms with van der Waals surface area (Å²) in [6, 6.07) is 0. The molecule has 0 aliphatic heterocycles. The van der Waals surface area contributed by atoms with Gasteiger partial charge in [-0.15, -0.1) is 0 Å². The molecule has 9 nitrogen and oxygen atoms in total. The summed E-state index contributed by atoms with van der Waals surface area (Å²) in [6.45, 7) is 4.54. The van der Waals surface area contributed by atoms with Gasteiger partial charge < -0.3 is 18.9 Å². The fourth-order valence-electron chi connectivity index (χ4n) is 12.0. The van der Waals surface area contributed by atoms with Gasteiger partial charge in [0.05, 0.1) is 27.7 Å². The van der Waals surface area contributed by atoms with Gasteiger partial charge in [0.15, 0.2) is 6.10 Å². The molecular formula is C75H151NO8P+. The molecular weight excluding hydrogens is 1070 g/mol. The molecule has 0 saturated heterocycles.